The molecule has 2 aromatic rings. The van der Waals surface area contributed by atoms with E-state index in [-0.39, 0.29) is 19.6 Å². The summed E-state index contributed by atoms with van der Waals surface area (Å²) in [5, 5.41) is 3.34. The summed E-state index contributed by atoms with van der Waals surface area (Å²) in [6.45, 7) is 0.235. The number of amides is 2. The summed E-state index contributed by atoms with van der Waals surface area (Å²) in [6.07, 6.45) is -0.227. The highest BCUT2D eigenvalue weighted by Crippen LogP contribution is 2.20. The highest BCUT2D eigenvalue weighted by molar-refractivity contribution is 5.92. The van der Waals surface area contributed by atoms with Gasteiger partial charge in [0.15, 0.2) is 6.61 Å². The summed E-state index contributed by atoms with van der Waals surface area (Å²) >= 11 is 0. The monoisotopic (exact) mass is 374 g/mol. The zero-order valence-electron chi connectivity index (χ0n) is 14.6. The molecule has 1 aliphatic heterocycles. The Bertz CT molecular complexity index is 937. The Morgan fingerprint density at radius 2 is 2.04 bits per heavy atom. The Labute approximate surface area is 153 Å². The number of nitrogens with one attached hydrogen (secondary N) is 1. The average molecular weight is 374 g/mol. The Morgan fingerprint density at radius 1 is 1.26 bits per heavy atom. The van der Waals surface area contributed by atoms with Crippen LogP contribution >= 0.6 is 0 Å². The van der Waals surface area contributed by atoms with Crippen LogP contribution in [0.4, 0.5) is 0 Å². The van der Waals surface area contributed by atoms with Gasteiger partial charge in [-0.05, 0) is 18.2 Å². The van der Waals surface area contributed by atoms with Crippen molar-refractivity contribution in [1.29, 1.82) is 0 Å². The molecule has 0 spiro atoms. The first-order chi connectivity index (χ1) is 13.0. The van der Waals surface area contributed by atoms with Gasteiger partial charge in [-0.2, -0.15) is 0 Å². The Morgan fingerprint density at radius 3 is 2.81 bits per heavy atom. The molecule has 1 fully saturated rings. The Kier molecular flexibility index (Phi) is 5.39. The van der Waals surface area contributed by atoms with Crippen LogP contribution in [0.25, 0.3) is 11.0 Å². The average Bonchev–Trinajstić information content (AvgIpc) is 2.67. The molecule has 0 aliphatic carbocycles. The van der Waals surface area contributed by atoms with E-state index in [0.717, 1.165) is 5.39 Å². The number of methoxy groups -OCH3 is 1. The molecule has 1 aromatic carbocycles. The number of carbonyl (C=O) groups is 3. The van der Waals surface area contributed by atoms with Crippen molar-refractivity contribution in [3.05, 3.63) is 40.8 Å². The van der Waals surface area contributed by atoms with Gasteiger partial charge in [-0.15, -0.1) is 0 Å². The van der Waals surface area contributed by atoms with Gasteiger partial charge < -0.3 is 24.1 Å². The number of carbonyl (C=O) groups excluding carboxylic acids is 3. The van der Waals surface area contributed by atoms with E-state index in [9.17, 15) is 19.2 Å². The lowest BCUT2D eigenvalue weighted by Crippen LogP contribution is -2.58. The molecule has 27 heavy (non-hydrogen) atoms. The molecule has 0 bridgehead atoms. The molecule has 0 saturated carbocycles. The number of esters is 1. The summed E-state index contributed by atoms with van der Waals surface area (Å²) in [4.78, 5) is 48.7. The molecule has 1 aliphatic rings. The van der Waals surface area contributed by atoms with Gasteiger partial charge in [-0.25, -0.2) is 4.79 Å². The van der Waals surface area contributed by atoms with Crippen molar-refractivity contribution >= 4 is 28.8 Å². The van der Waals surface area contributed by atoms with Crippen LogP contribution in [0.2, 0.25) is 0 Å². The number of nitrogens with zero attached hydrogens (tertiary/aromatic N) is 1. The first-order valence-electron chi connectivity index (χ1n) is 8.28. The number of ether oxygens (including phenoxy) is 2. The van der Waals surface area contributed by atoms with Crippen LogP contribution in [0, 0.1) is 0 Å². The summed E-state index contributed by atoms with van der Waals surface area (Å²) in [5.41, 5.74) is -0.144. The van der Waals surface area contributed by atoms with Crippen molar-refractivity contribution in [2.75, 3.05) is 26.8 Å². The molecule has 9 heteroatoms. The second-order valence-electron chi connectivity index (χ2n) is 5.92. The summed E-state index contributed by atoms with van der Waals surface area (Å²) in [6, 6.07) is 6.86. The van der Waals surface area contributed by atoms with Crippen molar-refractivity contribution in [1.82, 2.24) is 10.2 Å². The first kappa shape index (κ1) is 18.4. The molecule has 142 valence electrons. The molecule has 1 saturated heterocycles. The number of hydrogen-bond acceptors (Lipinski definition) is 7. The predicted octanol–water partition coefficient (Wildman–Crippen LogP) is 0.0619. The van der Waals surface area contributed by atoms with E-state index in [2.05, 4.69) is 10.1 Å². The van der Waals surface area contributed by atoms with Crippen molar-refractivity contribution < 1.29 is 28.3 Å². The van der Waals surface area contributed by atoms with E-state index in [1.54, 1.807) is 18.2 Å². The van der Waals surface area contributed by atoms with Gasteiger partial charge in [0.05, 0.1) is 13.5 Å². The maximum atomic E-state index is 12.5. The van der Waals surface area contributed by atoms with Gasteiger partial charge in [0.25, 0.3) is 5.91 Å². The van der Waals surface area contributed by atoms with Gasteiger partial charge in [0, 0.05) is 30.6 Å². The normalized spacial score (nSPS) is 16.7. The third kappa shape index (κ3) is 4.25. The predicted molar refractivity (Wildman–Crippen MR) is 93.1 cm³/mol. The molecule has 0 radical (unpaired) electrons. The molecule has 2 heterocycles. The molecule has 2 amide bonds. The number of rotatable bonds is 5. The highest BCUT2D eigenvalue weighted by Gasteiger charge is 2.35. The van der Waals surface area contributed by atoms with Crippen LogP contribution in [-0.2, 0) is 19.1 Å². The summed E-state index contributed by atoms with van der Waals surface area (Å²) in [7, 11) is 1.22. The van der Waals surface area contributed by atoms with E-state index in [0.29, 0.717) is 17.9 Å². The van der Waals surface area contributed by atoms with Crippen molar-refractivity contribution in [2.24, 2.45) is 0 Å². The lowest BCUT2D eigenvalue weighted by atomic mass is 10.1. The number of benzene rings is 1. The second-order valence-corrected chi connectivity index (χ2v) is 5.92. The first-order valence-corrected chi connectivity index (χ1v) is 8.28. The Balaban J connectivity index is 1.69. The maximum absolute atomic E-state index is 12.5. The van der Waals surface area contributed by atoms with Gasteiger partial charge in [0.2, 0.25) is 5.91 Å². The zero-order valence-corrected chi connectivity index (χ0v) is 14.6. The van der Waals surface area contributed by atoms with Crippen LogP contribution in [0.15, 0.2) is 39.5 Å². The van der Waals surface area contributed by atoms with E-state index in [1.165, 1.54) is 24.1 Å². The minimum Gasteiger partial charge on any atom is -0.484 e. The van der Waals surface area contributed by atoms with E-state index in [4.69, 9.17) is 9.15 Å². The fourth-order valence-corrected chi connectivity index (χ4v) is 2.82. The van der Waals surface area contributed by atoms with Crippen molar-refractivity contribution in [3.63, 3.8) is 0 Å². The lowest BCUT2D eigenvalue weighted by Gasteiger charge is -2.34. The van der Waals surface area contributed by atoms with Gasteiger partial charge in [-0.1, -0.05) is 0 Å². The minimum atomic E-state index is -0.933. The molecule has 1 unspecified atom stereocenters. The quantitative estimate of drug-likeness (QED) is 0.581. The number of hydrogen-bond donors (Lipinski definition) is 1. The maximum Gasteiger partial charge on any atom is 0.336 e. The third-order valence-electron chi connectivity index (χ3n) is 4.20. The molecule has 9 nitrogen and oxygen atoms in total. The number of piperazine rings is 1. The van der Waals surface area contributed by atoms with Gasteiger partial charge >= 0.3 is 11.6 Å². The number of fused-ring (bicyclic) bond motifs is 1. The minimum absolute atomic E-state index is 0.227. The fraction of sp³-hybridized carbons (Fsp3) is 0.333. The summed E-state index contributed by atoms with van der Waals surface area (Å²) < 4.78 is 15.1. The Hall–Kier alpha value is -3.36. The smallest absolute Gasteiger partial charge is 0.336 e. The standard InChI is InChI=1S/C18H18N2O7/c1-25-17(23)9-13-18(24)19-6-7-20(13)15(21)10-26-12-4-2-11-3-5-16(22)27-14(11)8-12/h2-5,8,13H,6-7,9-10H2,1H3,(H,19,24). The molecule has 1 atom stereocenters. The highest BCUT2D eigenvalue weighted by atomic mass is 16.5. The van der Waals surface area contributed by atoms with Crippen molar-refractivity contribution in [2.45, 2.75) is 12.5 Å². The van der Waals surface area contributed by atoms with E-state index in [1.807, 2.05) is 0 Å². The topological polar surface area (TPSA) is 115 Å². The lowest BCUT2D eigenvalue weighted by molar-refractivity contribution is -0.151. The molecular weight excluding hydrogens is 356 g/mol. The van der Waals surface area contributed by atoms with E-state index < -0.39 is 29.5 Å². The zero-order chi connectivity index (χ0) is 19.4. The largest absolute Gasteiger partial charge is 0.484 e. The fourth-order valence-electron chi connectivity index (χ4n) is 2.82. The van der Waals surface area contributed by atoms with Crippen molar-refractivity contribution in [3.8, 4) is 5.75 Å². The third-order valence-corrected chi connectivity index (χ3v) is 4.20. The summed E-state index contributed by atoms with van der Waals surface area (Å²) in [5.74, 6) is -1.09. The van der Waals surface area contributed by atoms with Crippen LogP contribution < -0.4 is 15.7 Å². The van der Waals surface area contributed by atoms with Crippen LogP contribution in [0.3, 0.4) is 0 Å². The second kappa shape index (κ2) is 7.90. The van der Waals surface area contributed by atoms with Gasteiger partial charge in [-0.3, -0.25) is 14.4 Å². The molecule has 3 rings (SSSR count). The van der Waals surface area contributed by atoms with Crippen LogP contribution in [0.5, 0.6) is 5.75 Å². The van der Waals surface area contributed by atoms with Crippen LogP contribution in [0.1, 0.15) is 6.42 Å². The molecule has 1 aromatic heterocycles. The van der Waals surface area contributed by atoms with Crippen LogP contribution in [-0.4, -0.2) is 55.5 Å². The molecule has 1 N–H and O–H groups in total. The SMILES string of the molecule is COC(=O)CC1C(=O)NCCN1C(=O)COc1ccc2ccc(=O)oc2c1. The molecular formula is C18H18N2O7. The van der Waals surface area contributed by atoms with Gasteiger partial charge in [0.1, 0.15) is 17.4 Å². The van der Waals surface area contributed by atoms with E-state index >= 15 is 0 Å².